The van der Waals surface area contributed by atoms with Crippen molar-refractivity contribution in [3.8, 4) is 0 Å². The van der Waals surface area contributed by atoms with Crippen LogP contribution in [-0.2, 0) is 6.54 Å². The van der Waals surface area contributed by atoms with E-state index < -0.39 is 0 Å². The highest BCUT2D eigenvalue weighted by atomic mass is 15.0. The van der Waals surface area contributed by atoms with Crippen molar-refractivity contribution in [1.29, 1.82) is 0 Å². The Morgan fingerprint density at radius 3 is 2.94 bits per heavy atom. The Labute approximate surface area is 106 Å². The van der Waals surface area contributed by atoms with E-state index in [4.69, 9.17) is 5.73 Å². The molecular weight excluding hydrogens is 222 g/mol. The Bertz CT molecular complexity index is 698. The minimum atomic E-state index is 0.821. The van der Waals surface area contributed by atoms with Crippen LogP contribution >= 0.6 is 0 Å². The van der Waals surface area contributed by atoms with Gasteiger partial charge in [-0.2, -0.15) is 0 Å². The zero-order chi connectivity index (χ0) is 12.5. The van der Waals surface area contributed by atoms with Gasteiger partial charge in [0.1, 0.15) is 0 Å². The van der Waals surface area contributed by atoms with Crippen molar-refractivity contribution >= 4 is 16.6 Å². The Morgan fingerprint density at radius 1 is 1.22 bits per heavy atom. The van der Waals surface area contributed by atoms with Crippen molar-refractivity contribution in [2.75, 3.05) is 5.73 Å². The highest BCUT2D eigenvalue weighted by Crippen LogP contribution is 2.22. The molecule has 0 unspecified atom stereocenters. The molecule has 0 aliphatic rings. The van der Waals surface area contributed by atoms with Gasteiger partial charge in [0.25, 0.3) is 0 Å². The molecule has 2 heterocycles. The fraction of sp³-hybridized carbons (Fsp3) is 0.133. The number of fused-ring (bicyclic) bond motifs is 1. The number of pyridine rings is 1. The van der Waals surface area contributed by atoms with E-state index in [-0.39, 0.29) is 0 Å². The van der Waals surface area contributed by atoms with Crippen LogP contribution in [0, 0.1) is 6.92 Å². The highest BCUT2D eigenvalue weighted by Gasteiger charge is 2.04. The first-order chi connectivity index (χ1) is 8.74. The van der Waals surface area contributed by atoms with Gasteiger partial charge < -0.3 is 10.3 Å². The number of nitrogens with zero attached hydrogens (tertiary/aromatic N) is 2. The molecule has 0 bridgehead atoms. The van der Waals surface area contributed by atoms with Gasteiger partial charge in [-0.25, -0.2) is 0 Å². The van der Waals surface area contributed by atoms with Crippen molar-refractivity contribution in [2.24, 2.45) is 0 Å². The van der Waals surface area contributed by atoms with Gasteiger partial charge in [-0.1, -0.05) is 12.1 Å². The molecule has 2 aromatic heterocycles. The van der Waals surface area contributed by atoms with E-state index in [0.29, 0.717) is 0 Å². The number of nitrogens with two attached hydrogens (primary N) is 1. The van der Waals surface area contributed by atoms with Crippen LogP contribution in [0.25, 0.3) is 10.9 Å². The van der Waals surface area contributed by atoms with Crippen LogP contribution in [0.2, 0.25) is 0 Å². The van der Waals surface area contributed by atoms with Crippen LogP contribution < -0.4 is 5.73 Å². The summed E-state index contributed by atoms with van der Waals surface area (Å²) in [7, 11) is 0. The second-order valence-corrected chi connectivity index (χ2v) is 4.59. The van der Waals surface area contributed by atoms with Crippen molar-refractivity contribution in [3.63, 3.8) is 0 Å². The predicted octanol–water partition coefficient (Wildman–Crippen LogP) is 2.98. The van der Waals surface area contributed by atoms with E-state index in [2.05, 4.69) is 40.9 Å². The van der Waals surface area contributed by atoms with E-state index >= 15 is 0 Å². The van der Waals surface area contributed by atoms with Crippen LogP contribution in [0.1, 0.15) is 11.1 Å². The molecule has 0 fully saturated rings. The summed E-state index contributed by atoms with van der Waals surface area (Å²) in [6.45, 7) is 2.88. The van der Waals surface area contributed by atoms with Gasteiger partial charge >= 0.3 is 0 Å². The summed E-state index contributed by atoms with van der Waals surface area (Å²) in [5, 5.41) is 1.11. The first-order valence-electron chi connectivity index (χ1n) is 5.98. The number of anilines is 1. The molecule has 18 heavy (non-hydrogen) atoms. The van der Waals surface area contributed by atoms with E-state index in [1.807, 2.05) is 24.5 Å². The third-order valence-corrected chi connectivity index (χ3v) is 3.13. The summed E-state index contributed by atoms with van der Waals surface area (Å²) in [5.74, 6) is 0. The van der Waals surface area contributed by atoms with Gasteiger partial charge in [0.05, 0.1) is 5.52 Å². The van der Waals surface area contributed by atoms with Gasteiger partial charge in [-0.05, 0) is 36.2 Å². The molecule has 2 N–H and O–H groups in total. The first-order valence-corrected chi connectivity index (χ1v) is 5.98. The summed E-state index contributed by atoms with van der Waals surface area (Å²) in [6, 6.07) is 10.2. The molecule has 0 spiro atoms. The van der Waals surface area contributed by atoms with Gasteiger partial charge in [-0.15, -0.1) is 0 Å². The molecule has 3 nitrogen and oxygen atoms in total. The number of hydrogen-bond acceptors (Lipinski definition) is 2. The van der Waals surface area contributed by atoms with Crippen LogP contribution in [0.4, 0.5) is 5.69 Å². The van der Waals surface area contributed by atoms with Crippen LogP contribution in [0.3, 0.4) is 0 Å². The quantitative estimate of drug-likeness (QED) is 0.696. The van der Waals surface area contributed by atoms with Crippen LogP contribution in [0.15, 0.2) is 48.9 Å². The first kappa shape index (κ1) is 10.8. The van der Waals surface area contributed by atoms with Crippen molar-refractivity contribution in [3.05, 3.63) is 60.0 Å². The summed E-state index contributed by atoms with van der Waals surface area (Å²) in [5.41, 5.74) is 10.3. The molecule has 0 saturated carbocycles. The average molecular weight is 237 g/mol. The lowest BCUT2D eigenvalue weighted by atomic mass is 10.2. The zero-order valence-electron chi connectivity index (χ0n) is 10.3. The molecule has 0 amide bonds. The van der Waals surface area contributed by atoms with Crippen molar-refractivity contribution in [1.82, 2.24) is 9.55 Å². The number of benzene rings is 1. The van der Waals surface area contributed by atoms with Crippen molar-refractivity contribution in [2.45, 2.75) is 13.5 Å². The fourth-order valence-electron chi connectivity index (χ4n) is 2.29. The maximum absolute atomic E-state index is 5.96. The smallest absolute Gasteiger partial charge is 0.0504 e. The molecule has 0 aliphatic carbocycles. The molecule has 3 aromatic rings. The third-order valence-electron chi connectivity index (χ3n) is 3.13. The second kappa shape index (κ2) is 4.18. The average Bonchev–Trinajstić information content (AvgIpc) is 2.74. The lowest BCUT2D eigenvalue weighted by molar-refractivity contribution is 0.830. The monoisotopic (exact) mass is 237 g/mol. The molecule has 1 aromatic carbocycles. The SMILES string of the molecule is Cc1cncc(Cn2ccc3c(N)cccc32)c1. The lowest BCUT2D eigenvalue weighted by Gasteiger charge is -2.06. The van der Waals surface area contributed by atoms with E-state index in [9.17, 15) is 0 Å². The van der Waals surface area contributed by atoms with Gasteiger partial charge in [0, 0.05) is 36.2 Å². The van der Waals surface area contributed by atoms with E-state index in [0.717, 1.165) is 23.1 Å². The molecule has 0 radical (unpaired) electrons. The molecule has 3 rings (SSSR count). The Balaban J connectivity index is 2.03. The summed E-state index contributed by atoms with van der Waals surface area (Å²) in [6.07, 6.45) is 5.85. The van der Waals surface area contributed by atoms with Gasteiger partial charge in [0.2, 0.25) is 0 Å². The Kier molecular flexibility index (Phi) is 2.52. The molecule has 90 valence electrons. The predicted molar refractivity (Wildman–Crippen MR) is 74.4 cm³/mol. The molecule has 0 saturated heterocycles. The third kappa shape index (κ3) is 1.84. The normalized spacial score (nSPS) is 10.9. The lowest BCUT2D eigenvalue weighted by Crippen LogP contribution is -1.99. The topological polar surface area (TPSA) is 43.8 Å². The molecule has 3 heteroatoms. The van der Waals surface area contributed by atoms with E-state index in [1.54, 1.807) is 0 Å². The molecule has 0 atom stereocenters. The standard InChI is InChI=1S/C15H15N3/c1-11-7-12(9-17-8-11)10-18-6-5-13-14(16)3-2-4-15(13)18/h2-9H,10,16H2,1H3. The number of rotatable bonds is 2. The van der Waals surface area contributed by atoms with Crippen molar-refractivity contribution < 1.29 is 0 Å². The Hall–Kier alpha value is -2.29. The summed E-state index contributed by atoms with van der Waals surface area (Å²) >= 11 is 0. The van der Waals surface area contributed by atoms with Crippen LogP contribution in [0.5, 0.6) is 0 Å². The number of hydrogen-bond donors (Lipinski definition) is 1. The molecular formula is C15H15N3. The van der Waals surface area contributed by atoms with Crippen LogP contribution in [-0.4, -0.2) is 9.55 Å². The maximum atomic E-state index is 5.96. The van der Waals surface area contributed by atoms with Gasteiger partial charge in [0.15, 0.2) is 0 Å². The summed E-state index contributed by atoms with van der Waals surface area (Å²) < 4.78 is 2.20. The molecule has 0 aliphatic heterocycles. The number of aromatic nitrogens is 2. The fourth-order valence-corrected chi connectivity index (χ4v) is 2.29. The Morgan fingerprint density at radius 2 is 2.11 bits per heavy atom. The minimum absolute atomic E-state index is 0.821. The maximum Gasteiger partial charge on any atom is 0.0504 e. The second-order valence-electron chi connectivity index (χ2n) is 4.59. The summed E-state index contributed by atoms with van der Waals surface area (Å²) in [4.78, 5) is 4.22. The highest BCUT2D eigenvalue weighted by molar-refractivity contribution is 5.91. The minimum Gasteiger partial charge on any atom is -0.398 e. The number of nitrogen functional groups attached to an aromatic ring is 1. The van der Waals surface area contributed by atoms with E-state index in [1.165, 1.54) is 11.1 Å². The zero-order valence-corrected chi connectivity index (χ0v) is 10.3. The number of aryl methyl sites for hydroxylation is 1. The largest absolute Gasteiger partial charge is 0.398 e. The van der Waals surface area contributed by atoms with Gasteiger partial charge in [-0.3, -0.25) is 4.98 Å².